The van der Waals surface area contributed by atoms with Crippen molar-refractivity contribution < 1.29 is 14.4 Å². The molecule has 0 radical (unpaired) electrons. The van der Waals surface area contributed by atoms with Crippen molar-refractivity contribution >= 4 is 28.7 Å². The first-order valence-corrected chi connectivity index (χ1v) is 10.9. The van der Waals surface area contributed by atoms with E-state index in [1.54, 1.807) is 29.4 Å². The molecule has 1 aromatic heterocycles. The molecule has 7 heteroatoms. The summed E-state index contributed by atoms with van der Waals surface area (Å²) < 4.78 is 0. The van der Waals surface area contributed by atoms with Crippen LogP contribution in [0.5, 0.6) is 0 Å². The number of amides is 2. The van der Waals surface area contributed by atoms with Gasteiger partial charge in [0.25, 0.3) is 0 Å². The molecule has 0 bridgehead atoms. The highest BCUT2D eigenvalue weighted by Gasteiger charge is 2.39. The molecule has 2 aromatic rings. The third-order valence-electron chi connectivity index (χ3n) is 4.75. The minimum atomic E-state index is -0.841. The zero-order chi connectivity index (χ0) is 21.7. The third kappa shape index (κ3) is 5.69. The minimum absolute atomic E-state index is 0.0186. The Kier molecular flexibility index (Phi) is 6.92. The second-order valence-electron chi connectivity index (χ2n) is 8.46. The minimum Gasteiger partial charge on any atom is -0.349 e. The van der Waals surface area contributed by atoms with Crippen LogP contribution in [-0.2, 0) is 20.9 Å². The number of rotatable bonds is 6. The molecule has 1 saturated heterocycles. The maximum Gasteiger partial charge on any atom is 0.247 e. The lowest BCUT2D eigenvalue weighted by Gasteiger charge is -2.35. The Bertz CT molecular complexity index is 897. The molecule has 1 aliphatic heterocycles. The van der Waals surface area contributed by atoms with Crippen molar-refractivity contribution in [2.45, 2.75) is 45.3 Å². The molecule has 2 atom stereocenters. The average molecular weight is 426 g/mol. The number of pyridine rings is 1. The average Bonchev–Trinajstić information content (AvgIpc) is 3.13. The van der Waals surface area contributed by atoms with Crippen LogP contribution < -0.4 is 5.32 Å². The van der Waals surface area contributed by atoms with Gasteiger partial charge in [0.05, 0.1) is 5.92 Å². The molecule has 1 fully saturated rings. The van der Waals surface area contributed by atoms with Gasteiger partial charge in [0.1, 0.15) is 6.04 Å². The molecular weight excluding hydrogens is 398 g/mol. The summed E-state index contributed by atoms with van der Waals surface area (Å²) >= 11 is 1.18. The third-order valence-corrected chi connectivity index (χ3v) is 5.80. The molecule has 2 amide bonds. The second kappa shape index (κ2) is 9.43. The molecule has 0 saturated carbocycles. The van der Waals surface area contributed by atoms with Gasteiger partial charge in [-0.1, -0.05) is 48.2 Å². The van der Waals surface area contributed by atoms with Gasteiger partial charge >= 0.3 is 0 Å². The van der Waals surface area contributed by atoms with Crippen LogP contribution in [0.3, 0.4) is 0 Å². The summed E-state index contributed by atoms with van der Waals surface area (Å²) in [6.45, 7) is 5.98. The standard InChI is InChI=1S/C23H27N3O3S/c1-23(2,3)25-21(28)20(17-10-7-11-24-13-17)26(14-16-8-5-4-6-9-16)22(29)18-12-19(27)30-15-18/h4-11,13,18,20H,12,14-15H2,1-3H3,(H,25,28)/t18-,20-/m0/s1. The fourth-order valence-corrected chi connectivity index (χ4v) is 4.40. The number of carbonyl (C=O) groups is 3. The Labute approximate surface area is 181 Å². The Morgan fingerprint density at radius 3 is 2.50 bits per heavy atom. The number of aromatic nitrogens is 1. The van der Waals surface area contributed by atoms with E-state index in [1.807, 2.05) is 51.1 Å². The van der Waals surface area contributed by atoms with Crippen molar-refractivity contribution in [2.75, 3.05) is 5.75 Å². The molecule has 158 valence electrons. The monoisotopic (exact) mass is 425 g/mol. The van der Waals surface area contributed by atoms with Crippen LogP contribution in [0, 0.1) is 5.92 Å². The lowest BCUT2D eigenvalue weighted by molar-refractivity contribution is -0.145. The van der Waals surface area contributed by atoms with Crippen LogP contribution in [0.2, 0.25) is 0 Å². The lowest BCUT2D eigenvalue weighted by Crippen LogP contribution is -2.50. The molecular formula is C23H27N3O3S. The van der Waals surface area contributed by atoms with Gasteiger partial charge in [0, 0.05) is 42.2 Å². The highest BCUT2D eigenvalue weighted by molar-refractivity contribution is 8.14. The number of hydrogen-bond acceptors (Lipinski definition) is 5. The largest absolute Gasteiger partial charge is 0.349 e. The van der Waals surface area contributed by atoms with Gasteiger partial charge in [0.15, 0.2) is 5.12 Å². The van der Waals surface area contributed by atoms with Crippen LogP contribution in [-0.4, -0.2) is 38.1 Å². The van der Waals surface area contributed by atoms with Crippen molar-refractivity contribution in [1.29, 1.82) is 0 Å². The number of hydrogen-bond donors (Lipinski definition) is 1. The summed E-state index contributed by atoms with van der Waals surface area (Å²) in [6, 6.07) is 12.3. The van der Waals surface area contributed by atoms with E-state index in [2.05, 4.69) is 10.3 Å². The fraction of sp³-hybridized carbons (Fsp3) is 0.391. The van der Waals surface area contributed by atoms with E-state index in [-0.39, 0.29) is 29.9 Å². The van der Waals surface area contributed by atoms with Crippen molar-refractivity contribution in [1.82, 2.24) is 15.2 Å². The first-order chi connectivity index (χ1) is 14.2. The van der Waals surface area contributed by atoms with E-state index >= 15 is 0 Å². The van der Waals surface area contributed by atoms with Crippen molar-refractivity contribution in [3.05, 3.63) is 66.0 Å². The van der Waals surface area contributed by atoms with E-state index in [1.165, 1.54) is 11.8 Å². The smallest absolute Gasteiger partial charge is 0.247 e. The maximum atomic E-state index is 13.5. The van der Waals surface area contributed by atoms with E-state index in [0.717, 1.165) is 5.56 Å². The maximum absolute atomic E-state index is 13.5. The Hall–Kier alpha value is -2.67. The highest BCUT2D eigenvalue weighted by atomic mass is 32.2. The summed E-state index contributed by atoms with van der Waals surface area (Å²) in [7, 11) is 0. The normalized spacial score (nSPS) is 17.4. The first-order valence-electron chi connectivity index (χ1n) is 9.96. The molecule has 0 unspecified atom stereocenters. The van der Waals surface area contributed by atoms with Crippen molar-refractivity contribution in [3.8, 4) is 0 Å². The topological polar surface area (TPSA) is 79.4 Å². The summed E-state index contributed by atoms with van der Waals surface area (Å²) in [6.07, 6.45) is 3.46. The molecule has 0 spiro atoms. The molecule has 1 aliphatic rings. The number of nitrogens with zero attached hydrogens (tertiary/aromatic N) is 2. The van der Waals surface area contributed by atoms with Gasteiger partial charge in [-0.05, 0) is 32.4 Å². The number of nitrogens with one attached hydrogen (secondary N) is 1. The van der Waals surface area contributed by atoms with Crippen molar-refractivity contribution in [3.63, 3.8) is 0 Å². The van der Waals surface area contributed by atoms with Gasteiger partial charge in [-0.15, -0.1) is 0 Å². The zero-order valence-corrected chi connectivity index (χ0v) is 18.3. The van der Waals surface area contributed by atoms with Crippen LogP contribution in [0.25, 0.3) is 0 Å². The SMILES string of the molecule is CC(C)(C)NC(=O)[C@H](c1cccnc1)N(Cc1ccccc1)C(=O)[C@@H]1CSC(=O)C1. The van der Waals surface area contributed by atoms with Crippen LogP contribution in [0.1, 0.15) is 44.4 Å². The fourth-order valence-electron chi connectivity index (χ4n) is 3.43. The van der Waals surface area contributed by atoms with Crippen LogP contribution >= 0.6 is 11.8 Å². The second-order valence-corrected chi connectivity index (χ2v) is 9.54. The van der Waals surface area contributed by atoms with Gasteiger partial charge in [-0.25, -0.2) is 0 Å². The molecule has 30 heavy (non-hydrogen) atoms. The quantitative estimate of drug-likeness (QED) is 0.768. The van der Waals surface area contributed by atoms with E-state index < -0.39 is 17.5 Å². The van der Waals surface area contributed by atoms with Gasteiger partial charge < -0.3 is 10.2 Å². The Morgan fingerprint density at radius 2 is 1.93 bits per heavy atom. The molecule has 0 aliphatic carbocycles. The summed E-state index contributed by atoms with van der Waals surface area (Å²) in [5.41, 5.74) is 1.10. The summed E-state index contributed by atoms with van der Waals surface area (Å²) in [4.78, 5) is 44.5. The Balaban J connectivity index is 2.01. The van der Waals surface area contributed by atoms with Crippen molar-refractivity contribution in [2.24, 2.45) is 5.92 Å². The lowest BCUT2D eigenvalue weighted by atomic mass is 9.99. The number of benzene rings is 1. The van der Waals surface area contributed by atoms with Crippen LogP contribution in [0.4, 0.5) is 0 Å². The van der Waals surface area contributed by atoms with Crippen LogP contribution in [0.15, 0.2) is 54.9 Å². The molecule has 6 nitrogen and oxygen atoms in total. The van der Waals surface area contributed by atoms with Gasteiger partial charge in [0.2, 0.25) is 11.8 Å². The summed E-state index contributed by atoms with van der Waals surface area (Å²) in [5, 5.41) is 3.02. The predicted octanol–water partition coefficient (Wildman–Crippen LogP) is 3.35. The van der Waals surface area contributed by atoms with E-state index in [0.29, 0.717) is 11.3 Å². The molecule has 1 N–H and O–H groups in total. The molecule has 3 rings (SSSR count). The first kappa shape index (κ1) is 22.0. The molecule has 2 heterocycles. The molecule has 1 aromatic carbocycles. The summed E-state index contributed by atoms with van der Waals surface area (Å²) in [5.74, 6) is -0.427. The highest BCUT2D eigenvalue weighted by Crippen LogP contribution is 2.32. The van der Waals surface area contributed by atoms with Gasteiger partial charge in [-0.2, -0.15) is 0 Å². The van der Waals surface area contributed by atoms with E-state index in [9.17, 15) is 14.4 Å². The van der Waals surface area contributed by atoms with Gasteiger partial charge in [-0.3, -0.25) is 19.4 Å². The van der Waals surface area contributed by atoms with E-state index in [4.69, 9.17) is 0 Å². The number of thioether (sulfide) groups is 1. The Morgan fingerprint density at radius 1 is 1.20 bits per heavy atom. The predicted molar refractivity (Wildman–Crippen MR) is 117 cm³/mol. The zero-order valence-electron chi connectivity index (χ0n) is 17.5. The number of carbonyl (C=O) groups excluding carboxylic acids is 3.